The molecular weight excluding hydrogens is 259 g/mol. The van der Waals surface area contributed by atoms with Gasteiger partial charge in [-0.2, -0.15) is 0 Å². The van der Waals surface area contributed by atoms with Crippen LogP contribution in [0.2, 0.25) is 0 Å². The molecule has 2 rings (SSSR count). The van der Waals surface area contributed by atoms with E-state index in [1.54, 1.807) is 13.2 Å². The third-order valence-corrected chi connectivity index (χ3v) is 2.99. The van der Waals surface area contributed by atoms with Crippen molar-refractivity contribution in [2.24, 2.45) is 0 Å². The Morgan fingerprint density at radius 1 is 1.10 bits per heavy atom. The van der Waals surface area contributed by atoms with Crippen LogP contribution in [0, 0.1) is 5.82 Å². The number of nitrogens with two attached hydrogens (primary N) is 1. The molecule has 0 radical (unpaired) electrons. The van der Waals surface area contributed by atoms with Crippen molar-refractivity contribution in [2.45, 2.75) is 6.54 Å². The second kappa shape index (κ2) is 6.14. The van der Waals surface area contributed by atoms with Crippen LogP contribution >= 0.6 is 0 Å². The average Bonchev–Trinajstić information content (AvgIpc) is 2.46. The minimum absolute atomic E-state index is 0.154. The first-order valence-electron chi connectivity index (χ1n) is 6.14. The van der Waals surface area contributed by atoms with Crippen LogP contribution in [0.4, 0.5) is 15.8 Å². The summed E-state index contributed by atoms with van der Waals surface area (Å²) in [5, 5.41) is 3.15. The number of halogens is 1. The van der Waals surface area contributed by atoms with Gasteiger partial charge in [-0.1, -0.05) is 18.2 Å². The zero-order valence-corrected chi connectivity index (χ0v) is 11.4. The lowest BCUT2D eigenvalue weighted by atomic mass is 10.2. The van der Waals surface area contributed by atoms with Crippen molar-refractivity contribution in [3.05, 3.63) is 47.8 Å². The average molecular weight is 276 g/mol. The molecule has 3 N–H and O–H groups in total. The predicted octanol–water partition coefficient (Wildman–Crippen LogP) is 3.04. The zero-order chi connectivity index (χ0) is 14.5. The summed E-state index contributed by atoms with van der Waals surface area (Å²) in [6, 6.07) is 10.4. The molecule has 0 fully saturated rings. The fraction of sp³-hybridized carbons (Fsp3) is 0.200. The number of nitrogens with one attached hydrogen (secondary N) is 1. The SMILES string of the molecule is COc1cc(NCc2ccccc2OC)c(N)cc1F. The van der Waals surface area contributed by atoms with Crippen LogP contribution < -0.4 is 20.5 Å². The van der Waals surface area contributed by atoms with Crippen molar-refractivity contribution in [1.82, 2.24) is 0 Å². The van der Waals surface area contributed by atoms with Crippen molar-refractivity contribution in [3.8, 4) is 11.5 Å². The maximum Gasteiger partial charge on any atom is 0.167 e. The summed E-state index contributed by atoms with van der Waals surface area (Å²) in [4.78, 5) is 0. The summed E-state index contributed by atoms with van der Waals surface area (Å²) in [7, 11) is 3.03. The maximum absolute atomic E-state index is 13.5. The van der Waals surface area contributed by atoms with E-state index in [2.05, 4.69) is 5.32 Å². The summed E-state index contributed by atoms with van der Waals surface area (Å²) in [5.74, 6) is 0.460. The highest BCUT2D eigenvalue weighted by atomic mass is 19.1. The van der Waals surface area contributed by atoms with Gasteiger partial charge < -0.3 is 20.5 Å². The third-order valence-electron chi connectivity index (χ3n) is 2.99. The fourth-order valence-corrected chi connectivity index (χ4v) is 1.92. The summed E-state index contributed by atoms with van der Waals surface area (Å²) in [6.45, 7) is 0.517. The van der Waals surface area contributed by atoms with E-state index in [-0.39, 0.29) is 5.75 Å². The number of hydrogen-bond acceptors (Lipinski definition) is 4. The summed E-state index contributed by atoms with van der Waals surface area (Å²) >= 11 is 0. The minimum Gasteiger partial charge on any atom is -0.496 e. The van der Waals surface area contributed by atoms with Gasteiger partial charge >= 0.3 is 0 Å². The zero-order valence-electron chi connectivity index (χ0n) is 11.4. The van der Waals surface area contributed by atoms with Gasteiger partial charge in [0.2, 0.25) is 0 Å². The Bertz CT molecular complexity index is 602. The summed E-state index contributed by atoms with van der Waals surface area (Å²) < 4.78 is 23.7. The molecule has 0 bridgehead atoms. The fourth-order valence-electron chi connectivity index (χ4n) is 1.92. The van der Waals surface area contributed by atoms with Crippen LogP contribution in [0.5, 0.6) is 11.5 Å². The number of ether oxygens (including phenoxy) is 2. The quantitative estimate of drug-likeness (QED) is 0.824. The lowest BCUT2D eigenvalue weighted by Crippen LogP contribution is -2.05. The van der Waals surface area contributed by atoms with E-state index in [4.69, 9.17) is 15.2 Å². The summed E-state index contributed by atoms with van der Waals surface area (Å²) in [6.07, 6.45) is 0. The normalized spacial score (nSPS) is 10.2. The van der Waals surface area contributed by atoms with Gasteiger partial charge in [-0.15, -0.1) is 0 Å². The molecule has 2 aromatic carbocycles. The molecule has 106 valence electrons. The number of rotatable bonds is 5. The Labute approximate surface area is 117 Å². The largest absolute Gasteiger partial charge is 0.496 e. The van der Waals surface area contributed by atoms with Crippen LogP contribution in [-0.2, 0) is 6.54 Å². The number of hydrogen-bond donors (Lipinski definition) is 2. The molecular formula is C15H17FN2O2. The standard InChI is InChI=1S/C15H17FN2O2/c1-19-14-6-4-3-5-10(14)9-18-13-8-15(20-2)11(16)7-12(13)17/h3-8,18H,9,17H2,1-2H3. The Kier molecular flexibility index (Phi) is 4.30. The number of benzene rings is 2. The molecule has 0 amide bonds. The topological polar surface area (TPSA) is 56.5 Å². The van der Waals surface area contributed by atoms with Crippen LogP contribution in [0.3, 0.4) is 0 Å². The predicted molar refractivity (Wildman–Crippen MR) is 77.7 cm³/mol. The van der Waals surface area contributed by atoms with E-state index in [0.29, 0.717) is 17.9 Å². The van der Waals surface area contributed by atoms with Gasteiger partial charge in [0, 0.05) is 24.2 Å². The van der Waals surface area contributed by atoms with Crippen molar-refractivity contribution in [3.63, 3.8) is 0 Å². The molecule has 0 aromatic heterocycles. The van der Waals surface area contributed by atoms with Crippen LogP contribution in [-0.4, -0.2) is 14.2 Å². The van der Waals surface area contributed by atoms with Gasteiger partial charge in [-0.25, -0.2) is 4.39 Å². The third kappa shape index (κ3) is 2.93. The van der Waals surface area contributed by atoms with Crippen LogP contribution in [0.15, 0.2) is 36.4 Å². The second-order valence-corrected chi connectivity index (χ2v) is 4.24. The molecule has 0 aliphatic rings. The van der Waals surface area contributed by atoms with E-state index in [1.165, 1.54) is 13.2 Å². The Hall–Kier alpha value is -2.43. The van der Waals surface area contributed by atoms with Crippen molar-refractivity contribution < 1.29 is 13.9 Å². The Morgan fingerprint density at radius 2 is 1.80 bits per heavy atom. The monoisotopic (exact) mass is 276 g/mol. The smallest absolute Gasteiger partial charge is 0.167 e. The first-order valence-corrected chi connectivity index (χ1v) is 6.14. The van der Waals surface area contributed by atoms with E-state index in [1.807, 2.05) is 24.3 Å². The van der Waals surface area contributed by atoms with Gasteiger partial charge in [-0.3, -0.25) is 0 Å². The maximum atomic E-state index is 13.5. The number of anilines is 2. The molecule has 20 heavy (non-hydrogen) atoms. The Balaban J connectivity index is 2.18. The molecule has 0 heterocycles. The molecule has 2 aromatic rings. The van der Waals surface area contributed by atoms with Crippen molar-refractivity contribution >= 4 is 11.4 Å². The van der Waals surface area contributed by atoms with Crippen molar-refractivity contribution in [2.75, 3.05) is 25.3 Å². The van der Waals surface area contributed by atoms with E-state index < -0.39 is 5.82 Å². The molecule has 0 saturated heterocycles. The lowest BCUT2D eigenvalue weighted by Gasteiger charge is -2.13. The summed E-state index contributed by atoms with van der Waals surface area (Å²) in [5.41, 5.74) is 7.73. The van der Waals surface area contributed by atoms with Gasteiger partial charge in [0.15, 0.2) is 11.6 Å². The number of nitrogen functional groups attached to an aromatic ring is 1. The first kappa shape index (κ1) is 14.0. The van der Waals surface area contributed by atoms with Crippen molar-refractivity contribution in [1.29, 1.82) is 0 Å². The van der Waals surface area contributed by atoms with E-state index in [0.717, 1.165) is 11.3 Å². The van der Waals surface area contributed by atoms with Gasteiger partial charge in [-0.05, 0) is 6.07 Å². The van der Waals surface area contributed by atoms with Gasteiger partial charge in [0.25, 0.3) is 0 Å². The van der Waals surface area contributed by atoms with Crippen LogP contribution in [0.1, 0.15) is 5.56 Å². The highest BCUT2D eigenvalue weighted by Crippen LogP contribution is 2.29. The minimum atomic E-state index is -0.479. The molecule has 5 heteroatoms. The highest BCUT2D eigenvalue weighted by Gasteiger charge is 2.09. The van der Waals surface area contributed by atoms with Gasteiger partial charge in [0.05, 0.1) is 25.6 Å². The molecule has 0 unspecified atom stereocenters. The Morgan fingerprint density at radius 3 is 2.50 bits per heavy atom. The number of methoxy groups -OCH3 is 2. The molecule has 0 spiro atoms. The highest BCUT2D eigenvalue weighted by molar-refractivity contribution is 5.68. The molecule has 0 aliphatic heterocycles. The second-order valence-electron chi connectivity index (χ2n) is 4.24. The van der Waals surface area contributed by atoms with Gasteiger partial charge in [0.1, 0.15) is 5.75 Å². The number of para-hydroxylation sites is 1. The molecule has 0 aliphatic carbocycles. The van der Waals surface area contributed by atoms with E-state index in [9.17, 15) is 4.39 Å². The molecule has 0 atom stereocenters. The first-order chi connectivity index (χ1) is 9.65. The van der Waals surface area contributed by atoms with Crippen LogP contribution in [0.25, 0.3) is 0 Å². The van der Waals surface area contributed by atoms with E-state index >= 15 is 0 Å². The molecule has 4 nitrogen and oxygen atoms in total. The molecule has 0 saturated carbocycles. The lowest BCUT2D eigenvalue weighted by molar-refractivity contribution is 0.387.